The monoisotopic (exact) mass is 360 g/mol. The van der Waals surface area contributed by atoms with Crippen LogP contribution >= 0.6 is 0 Å². The molecule has 136 valence electrons. The summed E-state index contributed by atoms with van der Waals surface area (Å²) in [7, 11) is 0. The topological polar surface area (TPSA) is 110 Å². The van der Waals surface area contributed by atoms with Gasteiger partial charge in [-0.15, -0.1) is 0 Å². The van der Waals surface area contributed by atoms with Crippen molar-refractivity contribution in [1.29, 1.82) is 0 Å². The van der Waals surface area contributed by atoms with Gasteiger partial charge in [0.25, 0.3) is 11.8 Å². The maximum atomic E-state index is 12.4. The van der Waals surface area contributed by atoms with E-state index in [1.54, 1.807) is 66.7 Å². The van der Waals surface area contributed by atoms with Gasteiger partial charge in [0, 0.05) is 33.9 Å². The molecule has 2 amide bonds. The number of nitrogens with one attached hydrogen (secondary N) is 2. The molecule has 0 bridgehead atoms. The molecule has 6 N–H and O–H groups in total. The number of amides is 2. The molecule has 3 aromatic rings. The number of hydrogen-bond donors (Lipinski definition) is 4. The summed E-state index contributed by atoms with van der Waals surface area (Å²) >= 11 is 0. The fourth-order valence-electron chi connectivity index (χ4n) is 2.64. The second-order valence-electron chi connectivity index (χ2n) is 6.19. The van der Waals surface area contributed by atoms with Gasteiger partial charge in [-0.2, -0.15) is 0 Å². The second-order valence-corrected chi connectivity index (χ2v) is 6.19. The van der Waals surface area contributed by atoms with E-state index in [1.807, 2.05) is 6.92 Å². The largest absolute Gasteiger partial charge is 0.399 e. The Hall–Kier alpha value is -3.80. The van der Waals surface area contributed by atoms with Crippen LogP contribution in [0.15, 0.2) is 66.7 Å². The standard InChI is InChI=1S/C21H20N4O2/c1-13-10-15(20(26)24-18-7-3-6-17(23)12-18)8-9-19(13)25-21(27)14-4-2-5-16(22)11-14/h2-12H,22-23H2,1H3,(H,24,26)(H,25,27). The van der Waals surface area contributed by atoms with Gasteiger partial charge in [-0.1, -0.05) is 12.1 Å². The van der Waals surface area contributed by atoms with Crippen LogP contribution in [0.5, 0.6) is 0 Å². The van der Waals surface area contributed by atoms with Crippen LogP contribution in [-0.4, -0.2) is 11.8 Å². The third kappa shape index (κ3) is 4.43. The number of carbonyl (C=O) groups is 2. The molecule has 0 saturated heterocycles. The lowest BCUT2D eigenvalue weighted by Gasteiger charge is -2.11. The number of hydrogen-bond acceptors (Lipinski definition) is 4. The van der Waals surface area contributed by atoms with Crippen LogP contribution in [0.2, 0.25) is 0 Å². The van der Waals surface area contributed by atoms with Gasteiger partial charge in [0.2, 0.25) is 0 Å². The zero-order chi connectivity index (χ0) is 19.4. The Balaban J connectivity index is 1.73. The summed E-state index contributed by atoms with van der Waals surface area (Å²) in [6.45, 7) is 1.83. The SMILES string of the molecule is Cc1cc(C(=O)Nc2cccc(N)c2)ccc1NC(=O)c1cccc(N)c1. The summed E-state index contributed by atoms with van der Waals surface area (Å²) in [6.07, 6.45) is 0. The first kappa shape index (κ1) is 18.0. The number of carbonyl (C=O) groups excluding carboxylic acids is 2. The third-order valence-electron chi connectivity index (χ3n) is 4.03. The Bertz CT molecular complexity index is 1010. The van der Waals surface area contributed by atoms with Crippen LogP contribution in [-0.2, 0) is 0 Å². The molecule has 27 heavy (non-hydrogen) atoms. The van der Waals surface area contributed by atoms with Crippen molar-refractivity contribution in [3.8, 4) is 0 Å². The quantitative estimate of drug-likeness (QED) is 0.532. The molecule has 6 heteroatoms. The van der Waals surface area contributed by atoms with Crippen LogP contribution in [0.4, 0.5) is 22.7 Å². The minimum atomic E-state index is -0.262. The molecular formula is C21H20N4O2. The van der Waals surface area contributed by atoms with Crippen molar-refractivity contribution in [2.75, 3.05) is 22.1 Å². The van der Waals surface area contributed by atoms with Gasteiger partial charge in [0.05, 0.1) is 0 Å². The van der Waals surface area contributed by atoms with E-state index in [4.69, 9.17) is 11.5 Å². The molecular weight excluding hydrogens is 340 g/mol. The van der Waals surface area contributed by atoms with E-state index in [2.05, 4.69) is 10.6 Å². The van der Waals surface area contributed by atoms with E-state index in [-0.39, 0.29) is 11.8 Å². The Morgan fingerprint density at radius 1 is 0.741 bits per heavy atom. The average Bonchev–Trinajstić information content (AvgIpc) is 2.63. The Labute approximate surface area is 157 Å². The summed E-state index contributed by atoms with van der Waals surface area (Å²) in [5.41, 5.74) is 15.5. The van der Waals surface area contributed by atoms with E-state index < -0.39 is 0 Å². The number of benzene rings is 3. The minimum Gasteiger partial charge on any atom is -0.399 e. The van der Waals surface area contributed by atoms with Crippen LogP contribution in [0.25, 0.3) is 0 Å². The first-order valence-corrected chi connectivity index (χ1v) is 8.37. The smallest absolute Gasteiger partial charge is 0.255 e. The molecule has 6 nitrogen and oxygen atoms in total. The van der Waals surface area contributed by atoms with Crippen molar-refractivity contribution >= 4 is 34.6 Å². The Kier molecular flexibility index (Phi) is 5.08. The summed E-state index contributed by atoms with van der Waals surface area (Å²) in [5, 5.41) is 5.63. The second kappa shape index (κ2) is 7.61. The van der Waals surface area contributed by atoms with Gasteiger partial charge < -0.3 is 22.1 Å². The molecule has 0 atom stereocenters. The van der Waals surface area contributed by atoms with Crippen molar-refractivity contribution < 1.29 is 9.59 Å². The highest BCUT2D eigenvalue weighted by Crippen LogP contribution is 2.20. The van der Waals surface area contributed by atoms with Gasteiger partial charge in [-0.25, -0.2) is 0 Å². The van der Waals surface area contributed by atoms with Crippen LogP contribution in [0.1, 0.15) is 26.3 Å². The zero-order valence-corrected chi connectivity index (χ0v) is 14.8. The van der Waals surface area contributed by atoms with E-state index in [9.17, 15) is 9.59 Å². The Morgan fingerprint density at radius 2 is 1.37 bits per heavy atom. The van der Waals surface area contributed by atoms with Gasteiger partial charge in [0.15, 0.2) is 0 Å². The molecule has 0 aromatic heterocycles. The molecule has 3 rings (SSSR count). The number of nitrogen functional groups attached to an aromatic ring is 2. The molecule has 0 saturated carbocycles. The van der Waals surface area contributed by atoms with E-state index in [0.29, 0.717) is 33.9 Å². The van der Waals surface area contributed by atoms with Gasteiger partial charge in [-0.05, 0) is 67.1 Å². The van der Waals surface area contributed by atoms with Gasteiger partial charge >= 0.3 is 0 Å². The Morgan fingerprint density at radius 3 is 2.04 bits per heavy atom. The molecule has 0 radical (unpaired) electrons. The maximum Gasteiger partial charge on any atom is 0.255 e. The fraction of sp³-hybridized carbons (Fsp3) is 0.0476. The third-order valence-corrected chi connectivity index (χ3v) is 4.03. The molecule has 0 spiro atoms. The van der Waals surface area contributed by atoms with Crippen molar-refractivity contribution in [1.82, 2.24) is 0 Å². The van der Waals surface area contributed by atoms with Crippen LogP contribution in [0.3, 0.4) is 0 Å². The normalized spacial score (nSPS) is 10.3. The lowest BCUT2D eigenvalue weighted by molar-refractivity contribution is 0.102. The predicted molar refractivity (Wildman–Crippen MR) is 109 cm³/mol. The van der Waals surface area contributed by atoms with Crippen LogP contribution in [0, 0.1) is 6.92 Å². The number of nitrogens with two attached hydrogens (primary N) is 2. The van der Waals surface area contributed by atoms with E-state index in [1.165, 1.54) is 0 Å². The average molecular weight is 360 g/mol. The van der Waals surface area contributed by atoms with Crippen molar-refractivity contribution in [2.45, 2.75) is 6.92 Å². The predicted octanol–water partition coefficient (Wildman–Crippen LogP) is 3.66. The lowest BCUT2D eigenvalue weighted by Crippen LogP contribution is -2.15. The summed E-state index contributed by atoms with van der Waals surface area (Å²) in [4.78, 5) is 24.8. The highest BCUT2D eigenvalue weighted by Gasteiger charge is 2.11. The zero-order valence-electron chi connectivity index (χ0n) is 14.8. The summed E-state index contributed by atoms with van der Waals surface area (Å²) in [6, 6.07) is 18.8. The highest BCUT2D eigenvalue weighted by molar-refractivity contribution is 6.07. The first-order valence-electron chi connectivity index (χ1n) is 8.37. The van der Waals surface area contributed by atoms with E-state index in [0.717, 1.165) is 5.56 Å². The van der Waals surface area contributed by atoms with Crippen molar-refractivity contribution in [3.05, 3.63) is 83.4 Å². The molecule has 0 aliphatic heterocycles. The summed E-state index contributed by atoms with van der Waals surface area (Å²) in [5.74, 6) is -0.514. The molecule has 0 unspecified atom stereocenters. The number of rotatable bonds is 4. The minimum absolute atomic E-state index is 0.252. The maximum absolute atomic E-state index is 12.4. The van der Waals surface area contributed by atoms with Gasteiger partial charge in [0.1, 0.15) is 0 Å². The molecule has 3 aromatic carbocycles. The first-order chi connectivity index (χ1) is 12.9. The fourth-order valence-corrected chi connectivity index (χ4v) is 2.64. The molecule has 0 fully saturated rings. The van der Waals surface area contributed by atoms with Crippen molar-refractivity contribution in [3.63, 3.8) is 0 Å². The van der Waals surface area contributed by atoms with E-state index >= 15 is 0 Å². The molecule has 0 aliphatic rings. The highest BCUT2D eigenvalue weighted by atomic mass is 16.2. The number of aryl methyl sites for hydroxylation is 1. The molecule has 0 heterocycles. The lowest BCUT2D eigenvalue weighted by atomic mass is 10.1. The van der Waals surface area contributed by atoms with Gasteiger partial charge in [-0.3, -0.25) is 9.59 Å². The summed E-state index contributed by atoms with van der Waals surface area (Å²) < 4.78 is 0. The molecule has 0 aliphatic carbocycles. The number of anilines is 4. The van der Waals surface area contributed by atoms with Crippen molar-refractivity contribution in [2.24, 2.45) is 0 Å². The van der Waals surface area contributed by atoms with Crippen LogP contribution < -0.4 is 22.1 Å².